The van der Waals surface area contributed by atoms with E-state index in [0.29, 0.717) is 6.04 Å². The molecule has 0 saturated heterocycles. The number of nitrogens with zero attached hydrogens (tertiary/aromatic N) is 15. The molecule has 0 spiro atoms. The van der Waals surface area contributed by atoms with E-state index < -0.39 is 0 Å². The maximum Gasteiger partial charge on any atom is 0.178 e. The highest BCUT2D eigenvalue weighted by atomic mass is 16.3. The van der Waals surface area contributed by atoms with Gasteiger partial charge in [-0.2, -0.15) is 0 Å². The van der Waals surface area contributed by atoms with Crippen LogP contribution in [0.1, 0.15) is 98.6 Å². The zero-order chi connectivity index (χ0) is 90.3. The smallest absolute Gasteiger partial charge is 0.178 e. The Hall–Kier alpha value is -15.8. The van der Waals surface area contributed by atoms with Gasteiger partial charge in [0.2, 0.25) is 0 Å². The summed E-state index contributed by atoms with van der Waals surface area (Å²) >= 11 is 0. The summed E-state index contributed by atoms with van der Waals surface area (Å²) < 4.78 is 31.6. The molecular weight excluding hydrogens is 1670 g/mol. The normalized spacial score (nSPS) is 16.2. The fourth-order valence-corrected chi connectivity index (χ4v) is 20.7. The van der Waals surface area contributed by atoms with Gasteiger partial charge in [-0.05, 0) is 202 Å². The molecule has 0 unspecified atom stereocenters. The molecule has 12 aromatic carbocycles. The van der Waals surface area contributed by atoms with Crippen LogP contribution >= 0.6 is 0 Å². The summed E-state index contributed by atoms with van der Waals surface area (Å²) in [5.74, 6) is 4.74. The van der Waals surface area contributed by atoms with Gasteiger partial charge in [0.15, 0.2) is 57.0 Å². The van der Waals surface area contributed by atoms with Crippen LogP contribution in [0, 0.1) is 34.6 Å². The van der Waals surface area contributed by atoms with Crippen LogP contribution in [0.15, 0.2) is 326 Å². The van der Waals surface area contributed by atoms with Crippen molar-refractivity contribution in [3.8, 4) is 0 Å². The molecular formula is C115H113N15O5. The summed E-state index contributed by atoms with van der Waals surface area (Å²) in [5.41, 5.74) is 27.8. The Morgan fingerprint density at radius 1 is 0.230 bits per heavy atom. The number of aryl methyl sites for hydroxylation is 5. The van der Waals surface area contributed by atoms with Crippen molar-refractivity contribution in [1.82, 2.24) is 24.9 Å². The largest absolute Gasteiger partial charge is 0.454 e. The Kier molecular flexibility index (Phi) is 23.0. The van der Waals surface area contributed by atoms with E-state index in [1.54, 1.807) is 12.4 Å². The minimum absolute atomic E-state index is 0. The quantitative estimate of drug-likeness (QED) is 0.148. The van der Waals surface area contributed by atoms with E-state index in [0.717, 1.165) is 184 Å². The number of rotatable bonds is 7. The number of aromatic nitrogens is 5. The number of fused-ring (bicyclic) bond motifs is 20. The maximum absolute atomic E-state index is 6.42. The zero-order valence-corrected chi connectivity index (χ0v) is 76.6. The van der Waals surface area contributed by atoms with Crippen LogP contribution in [-0.2, 0) is 0 Å². The molecule has 0 bridgehead atoms. The zero-order valence-electron chi connectivity index (χ0n) is 76.6. The second-order valence-electron chi connectivity index (χ2n) is 35.3. The average Bonchev–Trinajstić information content (AvgIpc) is 1.60. The lowest BCUT2D eigenvalue weighted by Gasteiger charge is -2.33. The molecule has 9 aromatic heterocycles. The lowest BCUT2D eigenvalue weighted by atomic mass is 10.1. The number of benzene rings is 12. The van der Waals surface area contributed by atoms with Crippen molar-refractivity contribution in [2.24, 2.45) is 0 Å². The predicted molar refractivity (Wildman–Crippen MR) is 563 cm³/mol. The average molecular weight is 1790 g/mol. The summed E-state index contributed by atoms with van der Waals surface area (Å²) in [6.07, 6.45) is 9.77. The van der Waals surface area contributed by atoms with E-state index >= 15 is 0 Å². The number of hydrogen-bond donors (Lipinski definition) is 0. The topological polar surface area (TPSA) is 163 Å². The van der Waals surface area contributed by atoms with Crippen LogP contribution in [-0.4, -0.2) is 82.9 Å². The van der Waals surface area contributed by atoms with Crippen molar-refractivity contribution in [3.63, 3.8) is 0 Å². The molecule has 26 rings (SSSR count). The van der Waals surface area contributed by atoms with E-state index in [1.165, 1.54) is 45.0 Å². The lowest BCUT2D eigenvalue weighted by Crippen LogP contribution is -2.42. The Morgan fingerprint density at radius 3 is 0.919 bits per heavy atom. The first-order valence-corrected chi connectivity index (χ1v) is 45.4. The van der Waals surface area contributed by atoms with Gasteiger partial charge in [-0.15, -0.1) is 0 Å². The summed E-state index contributed by atoms with van der Waals surface area (Å²) in [6.45, 7) is 26.2. The molecule has 0 N–H and O–H groups in total. The van der Waals surface area contributed by atoms with Crippen molar-refractivity contribution in [1.29, 1.82) is 0 Å². The Balaban J connectivity index is 0.000000108. The van der Waals surface area contributed by atoms with Gasteiger partial charge in [-0.1, -0.05) is 204 Å². The molecule has 5 aliphatic rings. The fraction of sp³-hybridized carbons (Fsp3) is 0.209. The molecule has 678 valence electrons. The van der Waals surface area contributed by atoms with E-state index in [9.17, 15) is 0 Å². The van der Waals surface area contributed by atoms with Crippen molar-refractivity contribution >= 4 is 201 Å². The van der Waals surface area contributed by atoms with Crippen molar-refractivity contribution < 1.29 is 22.1 Å². The molecule has 0 saturated carbocycles. The standard InChI is InChI=1S/C27H22N2O.C23H23N3O.2C21H19N3O.C20H18N4O.3CH4/c1-18-16-17-22-21-12-6-9-15-25(21)30-27(22)26(18)29-19(2)28(20-10-4-3-5-11-20)23-13-7-8-14-24(23)29;1-14(2)25-16(4)26(23-19(25)9-7-13-24-23)21-15(3)11-12-18-17-8-5-6-10-20(17)27-22(18)21;1-13-10-11-16-15-7-4-5-9-18(15)25-20(16)19(13)24-14(2)23(3)21-17(24)8-6-12-22-21;1-13-10-11-16-15-7-4-5-9-18(15)25-20(16)19(13)24-14(2)23(3)17-8-6-12-22-21(17)24;1-12-8-9-15-14-6-4-5-7-16(14)25-18(15)17(12)24-13(2)23(3)19-20(24)22-11-10-21-19;;;/h3-17,19H,1-2H3;5-14,16H,1-4H3;2*4-12,14H,1-3H3;4-11,13H,1-3H3;3*1H4/t19-;16-;2*14-;13-;;;/m00000.../s1. The van der Waals surface area contributed by atoms with Crippen LogP contribution in [0.3, 0.4) is 0 Å². The number of hydrogen-bond acceptors (Lipinski definition) is 20. The van der Waals surface area contributed by atoms with Gasteiger partial charge in [-0.3, -0.25) is 4.90 Å². The van der Waals surface area contributed by atoms with E-state index in [-0.39, 0.29) is 53.1 Å². The third kappa shape index (κ3) is 14.2. The van der Waals surface area contributed by atoms with Gasteiger partial charge in [0.25, 0.3) is 0 Å². The third-order valence-electron chi connectivity index (χ3n) is 27.4. The third-order valence-corrected chi connectivity index (χ3v) is 27.4. The highest BCUT2D eigenvalue weighted by molar-refractivity contribution is 6.16. The molecule has 0 radical (unpaired) electrons. The van der Waals surface area contributed by atoms with Gasteiger partial charge in [0.1, 0.15) is 58.7 Å². The second kappa shape index (κ2) is 35.0. The maximum atomic E-state index is 6.42. The summed E-state index contributed by atoms with van der Waals surface area (Å²) in [6, 6.07) is 94.9. The SMILES string of the molecule is C.C.C.Cc1ccc2c(oc3ccccc32)c1N1c2ccccc2N(c2ccccc2)[C@@H]1C.Cc1ccc2c(oc3ccccc32)c1N1c2cccnc2N(C)[C@@H]1C.Cc1ccc2c(oc3ccccc32)c1N1c2ncccc2N(C(C)C)[C@@H]1C.Cc1ccc2c(oc3ccccc32)c1N1c2ncccc2N(C)[C@@H]1C.Cc1ccc2c(oc3ccccc32)c1N1c2nccnc2N(C)[C@@H]1C. The van der Waals surface area contributed by atoms with Crippen LogP contribution in [0.2, 0.25) is 0 Å². The van der Waals surface area contributed by atoms with Crippen LogP contribution in [0.5, 0.6) is 0 Å². The Morgan fingerprint density at radius 2 is 0.511 bits per heavy atom. The molecule has 5 aliphatic heterocycles. The van der Waals surface area contributed by atoms with E-state index in [1.807, 2.05) is 111 Å². The number of anilines is 16. The van der Waals surface area contributed by atoms with Gasteiger partial charge >= 0.3 is 0 Å². The van der Waals surface area contributed by atoms with Crippen LogP contribution in [0.25, 0.3) is 110 Å². The molecule has 20 heteroatoms. The first kappa shape index (κ1) is 88.4. The molecule has 0 fully saturated rings. The van der Waals surface area contributed by atoms with Crippen LogP contribution < -0.4 is 49.0 Å². The minimum atomic E-state index is 0. The Labute approximate surface area is 787 Å². The summed E-state index contributed by atoms with van der Waals surface area (Å²) in [5, 5.41) is 11.5. The Bertz CT molecular complexity index is 7650. The monoisotopic (exact) mass is 1780 g/mol. The highest BCUT2D eigenvalue weighted by Crippen LogP contribution is 2.55. The second-order valence-corrected chi connectivity index (χ2v) is 35.3. The van der Waals surface area contributed by atoms with Crippen LogP contribution in [0.4, 0.5) is 91.7 Å². The molecule has 0 amide bonds. The molecule has 135 heavy (non-hydrogen) atoms. The summed E-state index contributed by atoms with van der Waals surface area (Å²) in [4.78, 5) is 46.1. The minimum Gasteiger partial charge on any atom is -0.454 e. The van der Waals surface area contributed by atoms with Crippen molar-refractivity contribution in [2.75, 3.05) is 70.1 Å². The highest BCUT2D eigenvalue weighted by Gasteiger charge is 2.43. The number of furan rings is 5. The van der Waals surface area contributed by atoms with E-state index in [4.69, 9.17) is 27.1 Å². The molecule has 20 nitrogen and oxygen atoms in total. The van der Waals surface area contributed by atoms with Gasteiger partial charge in [0.05, 0.1) is 56.9 Å². The van der Waals surface area contributed by atoms with Gasteiger partial charge in [-0.25, -0.2) is 24.9 Å². The fourth-order valence-electron chi connectivity index (χ4n) is 20.7. The summed E-state index contributed by atoms with van der Waals surface area (Å²) in [7, 11) is 6.25. The molecule has 5 atom stereocenters. The molecule has 21 aromatic rings. The number of pyridine rings is 3. The number of para-hydroxylation sites is 8. The first-order valence-electron chi connectivity index (χ1n) is 45.4. The lowest BCUT2D eigenvalue weighted by molar-refractivity contribution is 0.602. The van der Waals surface area contributed by atoms with Gasteiger partial charge < -0.3 is 66.2 Å². The molecule has 14 heterocycles. The van der Waals surface area contributed by atoms with Crippen molar-refractivity contribution in [2.45, 2.75) is 142 Å². The molecule has 0 aliphatic carbocycles. The predicted octanol–water partition coefficient (Wildman–Crippen LogP) is 30.5. The van der Waals surface area contributed by atoms with E-state index in [2.05, 4.69) is 354 Å². The van der Waals surface area contributed by atoms with Gasteiger partial charge in [0, 0.05) is 118 Å². The first-order chi connectivity index (χ1) is 64.3. The van der Waals surface area contributed by atoms with Crippen molar-refractivity contribution in [3.05, 3.63) is 332 Å².